The molecule has 0 spiro atoms. The first-order chi connectivity index (χ1) is 15.7. The van der Waals surface area contributed by atoms with Crippen molar-refractivity contribution < 1.29 is 9.47 Å². The Kier molecular flexibility index (Phi) is 7.27. The van der Waals surface area contributed by atoms with E-state index in [1.807, 2.05) is 61.5 Å². The average Bonchev–Trinajstić information content (AvgIpc) is 3.29. The van der Waals surface area contributed by atoms with Gasteiger partial charge in [-0.15, -0.1) is 0 Å². The van der Waals surface area contributed by atoms with Gasteiger partial charge in [-0.25, -0.2) is 0 Å². The number of pyridine rings is 2. The van der Waals surface area contributed by atoms with Crippen LogP contribution in [0.4, 0.5) is 0 Å². The smallest absolute Gasteiger partial charge is 0.130 e. The molecule has 6 heteroatoms. The molecule has 1 fully saturated rings. The molecule has 0 radical (unpaired) electrons. The highest BCUT2D eigenvalue weighted by atomic mass is 16.5. The highest BCUT2D eigenvalue weighted by molar-refractivity contribution is 5.59. The molecule has 4 rings (SSSR count). The molecule has 3 heterocycles. The zero-order chi connectivity index (χ0) is 22.2. The maximum atomic E-state index is 5.85. The summed E-state index contributed by atoms with van der Waals surface area (Å²) in [6.45, 7) is 2.42. The van der Waals surface area contributed by atoms with Gasteiger partial charge in [-0.1, -0.05) is 30.4 Å². The van der Waals surface area contributed by atoms with Gasteiger partial charge in [-0.2, -0.15) is 0 Å². The van der Waals surface area contributed by atoms with Crippen molar-refractivity contribution >= 4 is 12.2 Å². The number of hydrogen-bond acceptors (Lipinski definition) is 6. The molecule has 0 aliphatic carbocycles. The summed E-state index contributed by atoms with van der Waals surface area (Å²) in [4.78, 5) is 8.79. The first kappa shape index (κ1) is 21.7. The van der Waals surface area contributed by atoms with Gasteiger partial charge in [-0.3, -0.25) is 20.8 Å². The van der Waals surface area contributed by atoms with Crippen molar-refractivity contribution in [2.75, 3.05) is 7.11 Å². The summed E-state index contributed by atoms with van der Waals surface area (Å²) in [5.41, 5.74) is 10.5. The van der Waals surface area contributed by atoms with Crippen LogP contribution in [-0.4, -0.2) is 29.2 Å². The second-order valence-electron chi connectivity index (χ2n) is 7.67. The minimum Gasteiger partial charge on any atom is -0.496 e. The topological polar surface area (TPSA) is 68.3 Å². The van der Waals surface area contributed by atoms with Gasteiger partial charge in [0.05, 0.1) is 18.5 Å². The Hall–Kier alpha value is -3.48. The van der Waals surface area contributed by atoms with Crippen molar-refractivity contribution in [3.63, 3.8) is 0 Å². The van der Waals surface area contributed by atoms with Crippen LogP contribution >= 0.6 is 0 Å². The highest BCUT2D eigenvalue weighted by Crippen LogP contribution is 2.27. The quantitative estimate of drug-likeness (QED) is 0.557. The van der Waals surface area contributed by atoms with Crippen molar-refractivity contribution in [3.8, 4) is 11.5 Å². The molecule has 2 N–H and O–H groups in total. The number of aryl methyl sites for hydroxylation is 1. The zero-order valence-corrected chi connectivity index (χ0v) is 18.4. The van der Waals surface area contributed by atoms with Gasteiger partial charge in [0.15, 0.2) is 0 Å². The van der Waals surface area contributed by atoms with E-state index < -0.39 is 0 Å². The van der Waals surface area contributed by atoms with Crippen LogP contribution in [0.3, 0.4) is 0 Å². The standard InChI is InChI=1S/C26H28N4O2/c1-19-6-5-8-21(28-19)12-13-23-16-22(29-30-23)11-9-20-10-14-25(17-26(20)31-2)32-18-24-7-3-4-15-27-24/h3-15,17,22-23,29-30H,16,18H2,1-2H3/b11-9+,13-12+. The molecule has 6 nitrogen and oxygen atoms in total. The summed E-state index contributed by atoms with van der Waals surface area (Å²) in [6.07, 6.45) is 11.2. The third-order valence-corrected chi connectivity index (χ3v) is 5.20. The van der Waals surface area contributed by atoms with E-state index >= 15 is 0 Å². The molecular formula is C26H28N4O2. The van der Waals surface area contributed by atoms with Crippen LogP contribution in [0.15, 0.2) is 72.9 Å². The van der Waals surface area contributed by atoms with E-state index in [0.717, 1.165) is 40.6 Å². The van der Waals surface area contributed by atoms with Crippen molar-refractivity contribution in [2.45, 2.75) is 32.0 Å². The summed E-state index contributed by atoms with van der Waals surface area (Å²) in [7, 11) is 1.67. The number of hydrogen-bond donors (Lipinski definition) is 2. The van der Waals surface area contributed by atoms with Gasteiger partial charge in [0, 0.05) is 35.6 Å². The predicted molar refractivity (Wildman–Crippen MR) is 127 cm³/mol. The molecule has 2 aromatic heterocycles. The first-order valence-electron chi connectivity index (χ1n) is 10.7. The van der Waals surface area contributed by atoms with Gasteiger partial charge in [0.2, 0.25) is 0 Å². The SMILES string of the molecule is COc1cc(OCc2ccccn2)ccc1/C=C/C1CC(/C=C/c2cccc(C)n2)NN1. The van der Waals surface area contributed by atoms with Crippen molar-refractivity contribution in [1.29, 1.82) is 0 Å². The van der Waals surface area contributed by atoms with Gasteiger partial charge in [-0.05, 0) is 55.8 Å². The fourth-order valence-corrected chi connectivity index (χ4v) is 3.51. The fraction of sp³-hybridized carbons (Fsp3) is 0.231. The highest BCUT2D eigenvalue weighted by Gasteiger charge is 2.19. The van der Waals surface area contributed by atoms with Crippen LogP contribution in [-0.2, 0) is 6.61 Å². The lowest BCUT2D eigenvalue weighted by atomic mass is 10.1. The average molecular weight is 429 g/mol. The van der Waals surface area contributed by atoms with Crippen LogP contribution in [0.5, 0.6) is 11.5 Å². The summed E-state index contributed by atoms with van der Waals surface area (Å²) in [5.74, 6) is 1.52. The van der Waals surface area contributed by atoms with E-state index in [9.17, 15) is 0 Å². The molecule has 164 valence electrons. The summed E-state index contributed by atoms with van der Waals surface area (Å²) >= 11 is 0. The predicted octanol–water partition coefficient (Wildman–Crippen LogP) is 4.33. The maximum Gasteiger partial charge on any atom is 0.130 e. The largest absolute Gasteiger partial charge is 0.496 e. The minimum absolute atomic E-state index is 0.222. The number of benzene rings is 1. The maximum absolute atomic E-state index is 5.85. The Morgan fingerprint density at radius 1 is 1.00 bits per heavy atom. The van der Waals surface area contributed by atoms with Crippen LogP contribution in [0, 0.1) is 6.92 Å². The summed E-state index contributed by atoms with van der Waals surface area (Å²) in [5, 5.41) is 0. The van der Waals surface area contributed by atoms with Crippen LogP contribution in [0.1, 0.15) is 29.1 Å². The number of hydrazine groups is 1. The molecule has 2 unspecified atom stereocenters. The van der Waals surface area contributed by atoms with Crippen LogP contribution < -0.4 is 20.3 Å². The number of aromatic nitrogens is 2. The first-order valence-corrected chi connectivity index (χ1v) is 10.7. The summed E-state index contributed by atoms with van der Waals surface area (Å²) in [6, 6.07) is 18.2. The van der Waals surface area contributed by atoms with Crippen LogP contribution in [0.2, 0.25) is 0 Å². The molecule has 0 amide bonds. The molecule has 0 bridgehead atoms. The monoisotopic (exact) mass is 428 g/mol. The molecule has 32 heavy (non-hydrogen) atoms. The van der Waals surface area contributed by atoms with Gasteiger partial charge >= 0.3 is 0 Å². The Morgan fingerprint density at radius 3 is 2.59 bits per heavy atom. The van der Waals surface area contributed by atoms with Gasteiger partial charge < -0.3 is 9.47 Å². The van der Waals surface area contributed by atoms with E-state index in [4.69, 9.17) is 9.47 Å². The van der Waals surface area contributed by atoms with E-state index in [2.05, 4.69) is 45.1 Å². The molecule has 1 saturated heterocycles. The van der Waals surface area contributed by atoms with Crippen molar-refractivity contribution in [1.82, 2.24) is 20.8 Å². The molecule has 1 aromatic carbocycles. The Morgan fingerprint density at radius 2 is 1.84 bits per heavy atom. The molecule has 0 saturated carbocycles. The lowest BCUT2D eigenvalue weighted by molar-refractivity contribution is 0.299. The Balaban J connectivity index is 1.33. The fourth-order valence-electron chi connectivity index (χ4n) is 3.51. The van der Waals surface area contributed by atoms with Crippen molar-refractivity contribution in [2.24, 2.45) is 0 Å². The summed E-state index contributed by atoms with van der Waals surface area (Å²) < 4.78 is 11.4. The van der Waals surface area contributed by atoms with Crippen LogP contribution in [0.25, 0.3) is 12.2 Å². The molecule has 3 aromatic rings. The van der Waals surface area contributed by atoms with E-state index in [1.165, 1.54) is 0 Å². The molecule has 1 aliphatic rings. The lowest BCUT2D eigenvalue weighted by Crippen LogP contribution is -2.31. The zero-order valence-electron chi connectivity index (χ0n) is 18.4. The molecule has 1 aliphatic heterocycles. The van der Waals surface area contributed by atoms with Crippen molar-refractivity contribution in [3.05, 3.63) is 95.6 Å². The van der Waals surface area contributed by atoms with E-state index in [-0.39, 0.29) is 12.1 Å². The number of methoxy groups -OCH3 is 1. The normalized spacial score (nSPS) is 18.4. The van der Waals surface area contributed by atoms with E-state index in [0.29, 0.717) is 6.61 Å². The Labute approximate surface area is 189 Å². The Bertz CT molecular complexity index is 1080. The second kappa shape index (κ2) is 10.7. The number of rotatable bonds is 8. The van der Waals surface area contributed by atoms with Gasteiger partial charge in [0.1, 0.15) is 18.1 Å². The second-order valence-corrected chi connectivity index (χ2v) is 7.67. The number of ether oxygens (including phenoxy) is 2. The number of nitrogens with zero attached hydrogens (tertiary/aromatic N) is 2. The van der Waals surface area contributed by atoms with Gasteiger partial charge in [0.25, 0.3) is 0 Å². The third-order valence-electron chi connectivity index (χ3n) is 5.20. The van der Waals surface area contributed by atoms with E-state index in [1.54, 1.807) is 13.3 Å². The lowest BCUT2D eigenvalue weighted by Gasteiger charge is -2.10. The minimum atomic E-state index is 0.222. The third kappa shape index (κ3) is 6.03. The number of nitrogens with one attached hydrogen (secondary N) is 2. The molecular weight excluding hydrogens is 400 g/mol. The molecule has 2 atom stereocenters.